The van der Waals surface area contributed by atoms with Crippen molar-refractivity contribution in [1.82, 2.24) is 0 Å². The second kappa shape index (κ2) is 12.2. The van der Waals surface area contributed by atoms with Crippen LogP contribution in [0.2, 0.25) is 64.5 Å². The van der Waals surface area contributed by atoms with Crippen LogP contribution in [0, 0.1) is 5.92 Å². The van der Waals surface area contributed by atoms with E-state index in [2.05, 4.69) is 0 Å². The first-order valence-corrected chi connectivity index (χ1v) is 23.0. The van der Waals surface area contributed by atoms with Crippen molar-refractivity contribution in [2.45, 2.75) is 83.2 Å². The Labute approximate surface area is 211 Å². The van der Waals surface area contributed by atoms with Gasteiger partial charge in [-0.15, -0.1) is 0 Å². The van der Waals surface area contributed by atoms with E-state index >= 15 is 0 Å². The fourth-order valence-corrected chi connectivity index (χ4v) is 18.2. The molecule has 0 saturated heterocycles. The van der Waals surface area contributed by atoms with Crippen LogP contribution < -0.4 is 0 Å². The van der Waals surface area contributed by atoms with Gasteiger partial charge in [0.1, 0.15) is 0 Å². The van der Waals surface area contributed by atoms with E-state index in [1.165, 1.54) is 0 Å². The Morgan fingerprint density at radius 3 is 1.39 bits per heavy atom. The van der Waals surface area contributed by atoms with E-state index in [1.807, 2.05) is 0 Å². The second-order valence-electron chi connectivity index (χ2n) is 11.0. The maximum Gasteiger partial charge on any atom is 0.473 e. The van der Waals surface area contributed by atoms with Gasteiger partial charge in [-0.2, -0.15) is 26.3 Å². The normalized spacial score (nSPS) is 15.4. The molecule has 0 aromatic rings. The van der Waals surface area contributed by atoms with E-state index in [0.717, 1.165) is 0 Å². The van der Waals surface area contributed by atoms with Crippen molar-refractivity contribution in [1.29, 1.82) is 0 Å². The predicted molar refractivity (Wildman–Crippen MR) is 131 cm³/mol. The summed E-state index contributed by atoms with van der Waals surface area (Å²) in [6.45, 7) is 13.6. The molecular weight excluding hydrogens is 567 g/mol. The van der Waals surface area contributed by atoms with Crippen molar-refractivity contribution in [3.63, 3.8) is 0 Å². The molecule has 0 aromatic carbocycles. The highest BCUT2D eigenvalue weighted by atomic mass is 28.5. The van der Waals surface area contributed by atoms with Crippen LogP contribution in [0.3, 0.4) is 0 Å². The first kappa shape index (κ1) is 35.0. The molecule has 0 radical (unpaired) electrons. The summed E-state index contributed by atoms with van der Waals surface area (Å²) in [5.74, 6) is -6.59. The Hall–Kier alpha value is -0.992. The predicted octanol–water partition coefficient (Wildman–Crippen LogP) is 6.16. The van der Waals surface area contributed by atoms with Crippen LogP contribution in [0.5, 0.6) is 0 Å². The van der Waals surface area contributed by atoms with Crippen molar-refractivity contribution in [3.05, 3.63) is 12.2 Å². The number of hydrogen-bond acceptors (Lipinski definition) is 6. The molecule has 0 aliphatic carbocycles. The summed E-state index contributed by atoms with van der Waals surface area (Å²) in [7, 11) is -13.4. The molecule has 7 nitrogen and oxygen atoms in total. The Bertz CT molecular complexity index is 729. The van der Waals surface area contributed by atoms with Gasteiger partial charge in [0.15, 0.2) is 30.9 Å². The van der Waals surface area contributed by atoms with Gasteiger partial charge < -0.3 is 22.2 Å². The topological polar surface area (TPSA) is 91.3 Å². The SMILES string of the molecule is C[Si](C)(C)O[Si](O[Si](C)(C)C)(O[Si](C)(C)C)C(CCOC(=O)/C=C/C(=O)O)C(C(F)(F)F)C(F)(F)F. The molecular formula is C19H36F6O7Si4. The molecule has 17 heteroatoms. The number of aliphatic carboxylic acids is 1. The van der Waals surface area contributed by atoms with Gasteiger partial charge in [-0.3, -0.25) is 0 Å². The lowest BCUT2D eigenvalue weighted by Crippen LogP contribution is -2.66. The number of alkyl halides is 6. The molecule has 0 aliphatic heterocycles. The number of hydrogen-bond donors (Lipinski definition) is 1. The average Bonchev–Trinajstić information content (AvgIpc) is 2.51. The molecule has 0 amide bonds. The minimum Gasteiger partial charge on any atom is -0.478 e. The Balaban J connectivity index is 6.97. The zero-order chi connectivity index (χ0) is 29.0. The summed E-state index contributed by atoms with van der Waals surface area (Å²) < 4.78 is 108. The highest BCUT2D eigenvalue weighted by Gasteiger charge is 2.69. The van der Waals surface area contributed by atoms with Gasteiger partial charge in [-0.05, 0) is 65.3 Å². The van der Waals surface area contributed by atoms with Crippen LogP contribution >= 0.6 is 0 Å². The van der Waals surface area contributed by atoms with Gasteiger partial charge >= 0.3 is 33.1 Å². The highest BCUT2D eigenvalue weighted by Crippen LogP contribution is 2.53. The lowest BCUT2D eigenvalue weighted by Gasteiger charge is -2.48. The third-order valence-electron chi connectivity index (χ3n) is 3.94. The van der Waals surface area contributed by atoms with Gasteiger partial charge in [0.05, 0.1) is 12.1 Å². The standard InChI is InChI=1S/C19H36F6O7Si4/c1-33(2,3)30-36(31-34(4,5)6,32-35(7,8)9)14(17(18(20,21)22)19(23,24)25)12-13-29-16(28)11-10-15(26)27/h10-11,14,17H,12-13H2,1-9H3,(H,26,27)/b11-10+. The van der Waals surface area contributed by atoms with Crippen LogP contribution in [0.25, 0.3) is 0 Å². The maximum atomic E-state index is 14.1. The van der Waals surface area contributed by atoms with E-state index in [0.29, 0.717) is 12.2 Å². The Kier molecular flexibility index (Phi) is 11.9. The maximum absolute atomic E-state index is 14.1. The van der Waals surface area contributed by atoms with Crippen molar-refractivity contribution < 1.29 is 58.1 Å². The molecule has 36 heavy (non-hydrogen) atoms. The molecule has 0 heterocycles. The summed E-state index contributed by atoms with van der Waals surface area (Å²) in [5.41, 5.74) is -2.36. The molecule has 0 saturated carbocycles. The quantitative estimate of drug-likeness (QED) is 0.117. The molecule has 1 N–H and O–H groups in total. The summed E-state index contributed by atoms with van der Waals surface area (Å²) in [5, 5.41) is 8.58. The number of halogens is 6. The number of carbonyl (C=O) groups is 2. The zero-order valence-electron chi connectivity index (χ0n) is 21.9. The number of esters is 1. The van der Waals surface area contributed by atoms with Crippen LogP contribution in [-0.2, 0) is 26.7 Å². The fraction of sp³-hybridized carbons (Fsp3) is 0.789. The zero-order valence-corrected chi connectivity index (χ0v) is 25.9. The molecule has 1 atom stereocenters. The van der Waals surface area contributed by atoms with E-state index in [9.17, 15) is 35.9 Å². The fourth-order valence-electron chi connectivity index (χ4n) is 3.23. The van der Waals surface area contributed by atoms with Gasteiger partial charge in [0.2, 0.25) is 0 Å². The molecule has 0 rings (SSSR count). The monoisotopic (exact) mass is 602 g/mol. The van der Waals surface area contributed by atoms with Crippen molar-refractivity contribution >= 4 is 45.7 Å². The lowest BCUT2D eigenvalue weighted by molar-refractivity contribution is -0.288. The van der Waals surface area contributed by atoms with Crippen LogP contribution in [0.1, 0.15) is 6.42 Å². The molecule has 0 aromatic heterocycles. The number of carboxylic acids is 1. The number of carbonyl (C=O) groups excluding carboxylic acids is 1. The van der Waals surface area contributed by atoms with E-state index in [1.54, 1.807) is 58.9 Å². The van der Waals surface area contributed by atoms with E-state index < -0.39 is 82.5 Å². The van der Waals surface area contributed by atoms with Crippen molar-refractivity contribution in [3.8, 4) is 0 Å². The summed E-state index contributed by atoms with van der Waals surface area (Å²) in [4.78, 5) is 22.3. The minimum absolute atomic E-state index is 0.435. The molecule has 0 aliphatic rings. The largest absolute Gasteiger partial charge is 0.478 e. The first-order chi connectivity index (χ1) is 15.7. The summed E-state index contributed by atoms with van der Waals surface area (Å²) in [6.07, 6.45) is -11.5. The molecule has 212 valence electrons. The van der Waals surface area contributed by atoms with Gasteiger partial charge in [-0.25, -0.2) is 9.59 Å². The molecule has 0 fully saturated rings. The third kappa shape index (κ3) is 13.5. The highest BCUT2D eigenvalue weighted by molar-refractivity contribution is 6.90. The lowest BCUT2D eigenvalue weighted by atomic mass is 10.0. The van der Waals surface area contributed by atoms with Crippen LogP contribution in [0.15, 0.2) is 12.2 Å². The van der Waals surface area contributed by atoms with E-state index in [-0.39, 0.29) is 0 Å². The van der Waals surface area contributed by atoms with Gasteiger partial charge in [0, 0.05) is 12.2 Å². The Morgan fingerprint density at radius 2 is 1.11 bits per heavy atom. The number of ether oxygens (including phenoxy) is 1. The Morgan fingerprint density at radius 1 is 0.750 bits per heavy atom. The average molecular weight is 603 g/mol. The number of carboxylic acid groups (broad SMARTS) is 1. The van der Waals surface area contributed by atoms with Gasteiger partial charge in [0.25, 0.3) is 0 Å². The molecule has 0 spiro atoms. The molecule has 0 bridgehead atoms. The summed E-state index contributed by atoms with van der Waals surface area (Å²) >= 11 is 0. The van der Waals surface area contributed by atoms with Gasteiger partial charge in [-0.1, -0.05) is 0 Å². The van der Waals surface area contributed by atoms with Crippen molar-refractivity contribution in [2.24, 2.45) is 5.92 Å². The molecule has 1 unspecified atom stereocenters. The number of rotatable bonds is 13. The second-order valence-corrected chi connectivity index (χ2v) is 28.1. The third-order valence-corrected chi connectivity index (χ3v) is 16.2. The van der Waals surface area contributed by atoms with E-state index in [4.69, 9.17) is 22.2 Å². The minimum atomic E-state index is -5.73. The summed E-state index contributed by atoms with van der Waals surface area (Å²) in [6, 6.07) is 0. The van der Waals surface area contributed by atoms with Crippen LogP contribution in [0.4, 0.5) is 26.3 Å². The van der Waals surface area contributed by atoms with Crippen LogP contribution in [-0.4, -0.2) is 69.8 Å². The first-order valence-electron chi connectivity index (χ1n) is 11.0. The smallest absolute Gasteiger partial charge is 0.473 e. The van der Waals surface area contributed by atoms with Crippen molar-refractivity contribution in [2.75, 3.05) is 6.61 Å².